The monoisotopic (exact) mass is 470 g/mol. The van der Waals surface area contributed by atoms with Gasteiger partial charge in [-0.2, -0.15) is 0 Å². The Morgan fingerprint density at radius 1 is 0.941 bits per heavy atom. The van der Waals surface area contributed by atoms with Crippen LogP contribution in [0.3, 0.4) is 0 Å². The summed E-state index contributed by atoms with van der Waals surface area (Å²) < 4.78 is 39.2. The van der Waals surface area contributed by atoms with Crippen LogP contribution in [0.4, 0.5) is 0 Å². The van der Waals surface area contributed by atoms with E-state index < -0.39 is 17.9 Å². The topological polar surface area (TPSA) is 98.8 Å². The Bertz CT molecular complexity index is 1120. The molecule has 9 nitrogen and oxygen atoms in total. The molecular formula is C25H26O9. The van der Waals surface area contributed by atoms with E-state index in [2.05, 4.69) is 0 Å². The Morgan fingerprint density at radius 2 is 1.59 bits per heavy atom. The maximum absolute atomic E-state index is 13.1. The van der Waals surface area contributed by atoms with Crippen LogP contribution in [-0.4, -0.2) is 46.7 Å². The SMILES string of the molecule is CCC(=O)OC1c2cc3c(cc2C(c2cc(OC)c(OC)c(OC)c2)C2C(=O)OCC12)OCO3. The summed E-state index contributed by atoms with van der Waals surface area (Å²) in [7, 11) is 4.62. The van der Waals surface area contributed by atoms with Crippen LogP contribution in [0.15, 0.2) is 24.3 Å². The van der Waals surface area contributed by atoms with Crippen LogP contribution < -0.4 is 23.7 Å². The van der Waals surface area contributed by atoms with Crippen LogP contribution in [0, 0.1) is 11.8 Å². The molecule has 0 bridgehead atoms. The van der Waals surface area contributed by atoms with Crippen molar-refractivity contribution in [2.24, 2.45) is 11.8 Å². The third kappa shape index (κ3) is 3.38. The van der Waals surface area contributed by atoms with E-state index in [0.29, 0.717) is 28.7 Å². The molecule has 34 heavy (non-hydrogen) atoms. The number of cyclic esters (lactones) is 1. The van der Waals surface area contributed by atoms with Crippen LogP contribution in [0.5, 0.6) is 28.7 Å². The zero-order valence-electron chi connectivity index (χ0n) is 19.4. The lowest BCUT2D eigenvalue weighted by molar-refractivity contribution is -0.154. The summed E-state index contributed by atoms with van der Waals surface area (Å²) in [6.45, 7) is 1.99. The maximum atomic E-state index is 13.1. The van der Waals surface area contributed by atoms with Gasteiger partial charge >= 0.3 is 11.9 Å². The van der Waals surface area contributed by atoms with Crippen molar-refractivity contribution in [3.63, 3.8) is 0 Å². The number of fused-ring (bicyclic) bond motifs is 3. The summed E-state index contributed by atoms with van der Waals surface area (Å²) >= 11 is 0. The van der Waals surface area contributed by atoms with Crippen LogP contribution in [0.2, 0.25) is 0 Å². The lowest BCUT2D eigenvalue weighted by Gasteiger charge is -2.38. The zero-order chi connectivity index (χ0) is 24.0. The lowest BCUT2D eigenvalue weighted by Crippen LogP contribution is -2.36. The van der Waals surface area contributed by atoms with Crippen molar-refractivity contribution in [1.82, 2.24) is 0 Å². The first-order valence-electron chi connectivity index (χ1n) is 11.1. The molecule has 1 fully saturated rings. The summed E-state index contributed by atoms with van der Waals surface area (Å²) in [5.74, 6) is 0.492. The molecule has 2 aromatic carbocycles. The predicted octanol–water partition coefficient (Wildman–Crippen LogP) is 3.37. The minimum absolute atomic E-state index is 0.0986. The van der Waals surface area contributed by atoms with Gasteiger partial charge in [0.25, 0.3) is 0 Å². The maximum Gasteiger partial charge on any atom is 0.310 e. The number of hydrogen-bond acceptors (Lipinski definition) is 9. The molecule has 180 valence electrons. The highest BCUT2D eigenvalue weighted by atomic mass is 16.7. The van der Waals surface area contributed by atoms with E-state index in [9.17, 15) is 9.59 Å². The van der Waals surface area contributed by atoms with Gasteiger partial charge in [0, 0.05) is 23.8 Å². The summed E-state index contributed by atoms with van der Waals surface area (Å²) in [5.41, 5.74) is 2.35. The van der Waals surface area contributed by atoms with E-state index >= 15 is 0 Å². The van der Waals surface area contributed by atoms with E-state index in [0.717, 1.165) is 16.7 Å². The summed E-state index contributed by atoms with van der Waals surface area (Å²) in [4.78, 5) is 25.4. The van der Waals surface area contributed by atoms with Gasteiger partial charge < -0.3 is 33.2 Å². The van der Waals surface area contributed by atoms with Crippen LogP contribution in [-0.2, 0) is 19.1 Å². The number of hydrogen-bond donors (Lipinski definition) is 0. The summed E-state index contributed by atoms with van der Waals surface area (Å²) in [6.07, 6.45) is -0.425. The highest BCUT2D eigenvalue weighted by molar-refractivity contribution is 5.79. The molecule has 4 unspecified atom stereocenters. The number of methoxy groups -OCH3 is 3. The minimum atomic E-state index is -0.647. The molecule has 5 rings (SSSR count). The zero-order valence-corrected chi connectivity index (χ0v) is 19.4. The summed E-state index contributed by atoms with van der Waals surface area (Å²) in [5, 5.41) is 0. The van der Waals surface area contributed by atoms with Crippen molar-refractivity contribution in [2.45, 2.75) is 25.4 Å². The number of carbonyl (C=O) groups is 2. The Hall–Kier alpha value is -3.62. The largest absolute Gasteiger partial charge is 0.493 e. The van der Waals surface area contributed by atoms with E-state index in [1.54, 1.807) is 21.1 Å². The van der Waals surface area contributed by atoms with Crippen molar-refractivity contribution in [3.8, 4) is 28.7 Å². The Labute approximate surface area is 196 Å². The quantitative estimate of drug-likeness (QED) is 0.589. The molecule has 0 aromatic heterocycles. The molecule has 4 atom stereocenters. The van der Waals surface area contributed by atoms with E-state index in [1.807, 2.05) is 24.3 Å². The third-order valence-electron chi connectivity index (χ3n) is 6.71. The third-order valence-corrected chi connectivity index (χ3v) is 6.71. The van der Waals surface area contributed by atoms with Crippen molar-refractivity contribution < 1.29 is 42.7 Å². The van der Waals surface area contributed by atoms with Gasteiger partial charge in [-0.1, -0.05) is 6.92 Å². The normalized spacial score (nSPS) is 24.1. The molecule has 0 N–H and O–H groups in total. The predicted molar refractivity (Wildman–Crippen MR) is 118 cm³/mol. The Balaban J connectivity index is 1.73. The molecule has 0 radical (unpaired) electrons. The standard InChI is InChI=1S/C25H26O9/c1-5-20(26)34-23-14-9-17-16(32-11-33-17)8-13(14)21(22-15(23)10-31-25(22)27)12-6-18(28-2)24(30-4)19(7-12)29-3/h6-9,15,21-23H,5,10-11H2,1-4H3. The fraction of sp³-hybridized carbons (Fsp3) is 0.440. The van der Waals surface area contributed by atoms with Gasteiger partial charge in [-0.15, -0.1) is 0 Å². The second-order valence-electron chi connectivity index (χ2n) is 8.35. The Morgan fingerprint density at radius 3 is 2.18 bits per heavy atom. The second kappa shape index (κ2) is 8.62. The number of esters is 2. The van der Waals surface area contributed by atoms with Crippen LogP contribution in [0.25, 0.3) is 0 Å². The van der Waals surface area contributed by atoms with Gasteiger partial charge in [0.2, 0.25) is 12.5 Å². The highest BCUT2D eigenvalue weighted by Gasteiger charge is 2.54. The molecule has 1 saturated heterocycles. The number of rotatable bonds is 6. The first kappa shape index (κ1) is 22.2. The molecule has 0 amide bonds. The van der Waals surface area contributed by atoms with Crippen molar-refractivity contribution in [2.75, 3.05) is 34.7 Å². The van der Waals surface area contributed by atoms with Gasteiger partial charge in [0.05, 0.1) is 33.9 Å². The molecule has 3 aliphatic rings. The van der Waals surface area contributed by atoms with Crippen molar-refractivity contribution >= 4 is 11.9 Å². The van der Waals surface area contributed by atoms with Crippen LogP contribution >= 0.6 is 0 Å². The van der Waals surface area contributed by atoms with Crippen molar-refractivity contribution in [1.29, 1.82) is 0 Å². The molecule has 2 aliphatic heterocycles. The highest BCUT2D eigenvalue weighted by Crippen LogP contribution is 2.56. The second-order valence-corrected chi connectivity index (χ2v) is 8.35. The average molecular weight is 470 g/mol. The molecule has 1 aliphatic carbocycles. The van der Waals surface area contributed by atoms with E-state index in [4.69, 9.17) is 33.2 Å². The van der Waals surface area contributed by atoms with Gasteiger partial charge in [-0.05, 0) is 35.4 Å². The molecule has 0 saturated carbocycles. The Kier molecular flexibility index (Phi) is 5.63. The van der Waals surface area contributed by atoms with E-state index in [-0.39, 0.29) is 37.7 Å². The number of ether oxygens (including phenoxy) is 7. The molecule has 2 heterocycles. The first-order valence-corrected chi connectivity index (χ1v) is 11.1. The van der Waals surface area contributed by atoms with Gasteiger partial charge in [0.15, 0.2) is 23.0 Å². The van der Waals surface area contributed by atoms with Gasteiger partial charge in [-0.25, -0.2) is 0 Å². The van der Waals surface area contributed by atoms with Crippen LogP contribution in [0.1, 0.15) is 42.1 Å². The smallest absolute Gasteiger partial charge is 0.310 e. The minimum Gasteiger partial charge on any atom is -0.493 e. The number of carbonyl (C=O) groups excluding carboxylic acids is 2. The molecule has 9 heteroatoms. The fourth-order valence-electron chi connectivity index (χ4n) is 5.17. The van der Waals surface area contributed by atoms with Gasteiger partial charge in [-0.3, -0.25) is 9.59 Å². The first-order chi connectivity index (χ1) is 16.5. The average Bonchev–Trinajstić information content (AvgIpc) is 3.48. The summed E-state index contributed by atoms with van der Waals surface area (Å²) in [6, 6.07) is 7.37. The van der Waals surface area contributed by atoms with E-state index in [1.165, 1.54) is 7.11 Å². The molecule has 2 aromatic rings. The fourth-order valence-corrected chi connectivity index (χ4v) is 5.17. The van der Waals surface area contributed by atoms with Crippen molar-refractivity contribution in [3.05, 3.63) is 41.0 Å². The number of benzene rings is 2. The van der Waals surface area contributed by atoms with Gasteiger partial charge in [0.1, 0.15) is 6.10 Å². The molecular weight excluding hydrogens is 444 g/mol. The molecule has 0 spiro atoms. The lowest BCUT2D eigenvalue weighted by atomic mass is 9.66.